The maximum absolute atomic E-state index is 12.0. The molecule has 0 aromatic heterocycles. The number of halogens is 1. The maximum atomic E-state index is 12.0. The zero-order valence-electron chi connectivity index (χ0n) is 13.9. The number of benzene rings is 2. The molecule has 0 heterocycles. The first-order valence-corrected chi connectivity index (χ1v) is 8.01. The Labute approximate surface area is 147 Å². The molecule has 1 amide bonds. The fraction of sp³-hybridized carbons (Fsp3) is 0.263. The number of rotatable bonds is 5. The van der Waals surface area contributed by atoms with Crippen LogP contribution in [0.5, 0.6) is 5.75 Å². The highest BCUT2D eigenvalue weighted by Gasteiger charge is 2.09. The number of ether oxygens (including phenoxy) is 1. The van der Waals surface area contributed by atoms with Crippen LogP contribution in [0.4, 0.5) is 5.69 Å². The Balaban J connectivity index is 2.00. The molecule has 24 heavy (non-hydrogen) atoms. The van der Waals surface area contributed by atoms with Crippen molar-refractivity contribution in [1.29, 1.82) is 5.26 Å². The molecule has 5 heteroatoms. The Bertz CT molecular complexity index is 794. The van der Waals surface area contributed by atoms with E-state index in [-0.39, 0.29) is 12.5 Å². The van der Waals surface area contributed by atoms with Gasteiger partial charge >= 0.3 is 0 Å². The highest BCUT2D eigenvalue weighted by atomic mass is 35.5. The van der Waals surface area contributed by atoms with Gasteiger partial charge in [-0.15, -0.1) is 0 Å². The average Bonchev–Trinajstić information content (AvgIpc) is 2.54. The largest absolute Gasteiger partial charge is 0.483 e. The summed E-state index contributed by atoms with van der Waals surface area (Å²) in [6.07, 6.45) is 0. The van der Waals surface area contributed by atoms with Crippen LogP contribution >= 0.6 is 11.6 Å². The van der Waals surface area contributed by atoms with Crippen LogP contribution in [0.25, 0.3) is 0 Å². The van der Waals surface area contributed by atoms with Crippen molar-refractivity contribution in [3.63, 3.8) is 0 Å². The van der Waals surface area contributed by atoms with Gasteiger partial charge in [0, 0.05) is 5.69 Å². The van der Waals surface area contributed by atoms with Gasteiger partial charge in [-0.1, -0.05) is 37.6 Å². The smallest absolute Gasteiger partial charge is 0.262 e. The van der Waals surface area contributed by atoms with Crippen molar-refractivity contribution in [1.82, 2.24) is 0 Å². The van der Waals surface area contributed by atoms with Crippen molar-refractivity contribution in [2.24, 2.45) is 0 Å². The summed E-state index contributed by atoms with van der Waals surface area (Å²) in [6, 6.07) is 12.7. The predicted molar refractivity (Wildman–Crippen MR) is 95.6 cm³/mol. The van der Waals surface area contributed by atoms with E-state index in [1.165, 1.54) is 0 Å². The van der Waals surface area contributed by atoms with E-state index in [1.807, 2.05) is 25.1 Å². The maximum Gasteiger partial charge on any atom is 0.262 e. The normalized spacial score (nSPS) is 10.3. The quantitative estimate of drug-likeness (QED) is 0.859. The number of aryl methyl sites for hydroxylation is 1. The molecule has 0 aliphatic heterocycles. The first kappa shape index (κ1) is 17.8. The Hall–Kier alpha value is -2.51. The van der Waals surface area contributed by atoms with Gasteiger partial charge in [-0.05, 0) is 48.2 Å². The van der Waals surface area contributed by atoms with Crippen molar-refractivity contribution in [2.45, 2.75) is 26.7 Å². The summed E-state index contributed by atoms with van der Waals surface area (Å²) < 4.78 is 5.64. The second kappa shape index (κ2) is 7.85. The van der Waals surface area contributed by atoms with Crippen LogP contribution in [0.1, 0.15) is 36.5 Å². The van der Waals surface area contributed by atoms with Crippen LogP contribution in [-0.2, 0) is 4.79 Å². The molecule has 0 bridgehead atoms. The topological polar surface area (TPSA) is 62.1 Å². The number of nitrogens with one attached hydrogen (secondary N) is 1. The molecule has 0 aliphatic rings. The van der Waals surface area contributed by atoms with E-state index < -0.39 is 0 Å². The third kappa shape index (κ3) is 4.50. The number of anilines is 1. The molecule has 0 atom stereocenters. The summed E-state index contributed by atoms with van der Waals surface area (Å²) in [4.78, 5) is 12.0. The minimum atomic E-state index is -0.287. The summed E-state index contributed by atoms with van der Waals surface area (Å²) in [5.41, 5.74) is 3.04. The third-order valence-electron chi connectivity index (χ3n) is 3.61. The number of nitriles is 1. The molecule has 4 nitrogen and oxygen atoms in total. The number of carbonyl (C=O) groups is 1. The SMILES string of the molecule is Cc1ccc(C(C)C)cc1OCC(=O)Nc1ccc(C#N)c(Cl)c1. The zero-order chi connectivity index (χ0) is 17.7. The van der Waals surface area contributed by atoms with Gasteiger partial charge in [-0.25, -0.2) is 0 Å². The second-order valence-electron chi connectivity index (χ2n) is 5.82. The number of hydrogen-bond acceptors (Lipinski definition) is 3. The van der Waals surface area contributed by atoms with Crippen LogP contribution in [0.3, 0.4) is 0 Å². The van der Waals surface area contributed by atoms with Crippen molar-refractivity contribution in [3.8, 4) is 11.8 Å². The van der Waals surface area contributed by atoms with Gasteiger partial charge in [-0.2, -0.15) is 5.26 Å². The van der Waals surface area contributed by atoms with Crippen molar-refractivity contribution < 1.29 is 9.53 Å². The fourth-order valence-electron chi connectivity index (χ4n) is 2.16. The van der Waals surface area contributed by atoms with Crippen LogP contribution in [-0.4, -0.2) is 12.5 Å². The molecule has 2 aromatic rings. The molecular formula is C19H19ClN2O2. The lowest BCUT2D eigenvalue weighted by Gasteiger charge is -2.13. The highest BCUT2D eigenvalue weighted by Crippen LogP contribution is 2.24. The Morgan fingerprint density at radius 3 is 2.67 bits per heavy atom. The van der Waals surface area contributed by atoms with Crippen molar-refractivity contribution in [2.75, 3.05) is 11.9 Å². The van der Waals surface area contributed by atoms with E-state index in [4.69, 9.17) is 21.6 Å². The molecule has 0 unspecified atom stereocenters. The minimum Gasteiger partial charge on any atom is -0.483 e. The van der Waals surface area contributed by atoms with Gasteiger partial charge in [0.2, 0.25) is 0 Å². The van der Waals surface area contributed by atoms with Crippen molar-refractivity contribution >= 4 is 23.2 Å². The molecule has 0 saturated carbocycles. The van der Waals surface area contributed by atoms with E-state index in [2.05, 4.69) is 25.2 Å². The van der Waals surface area contributed by atoms with Crippen molar-refractivity contribution in [3.05, 3.63) is 58.1 Å². The fourth-order valence-corrected chi connectivity index (χ4v) is 2.38. The van der Waals surface area contributed by atoms with Gasteiger partial charge in [0.15, 0.2) is 6.61 Å². The summed E-state index contributed by atoms with van der Waals surface area (Å²) in [5, 5.41) is 11.9. The molecule has 0 fully saturated rings. The van der Waals surface area contributed by atoms with E-state index in [1.54, 1.807) is 18.2 Å². The lowest BCUT2D eigenvalue weighted by atomic mass is 10.0. The third-order valence-corrected chi connectivity index (χ3v) is 3.92. The summed E-state index contributed by atoms with van der Waals surface area (Å²) in [6.45, 7) is 6.06. The van der Waals surface area contributed by atoms with Gasteiger partial charge in [0.05, 0.1) is 10.6 Å². The van der Waals surface area contributed by atoms with Gasteiger partial charge in [0.25, 0.3) is 5.91 Å². The van der Waals surface area contributed by atoms with Gasteiger partial charge in [0.1, 0.15) is 11.8 Å². The lowest BCUT2D eigenvalue weighted by molar-refractivity contribution is -0.118. The Morgan fingerprint density at radius 1 is 1.29 bits per heavy atom. The molecule has 0 radical (unpaired) electrons. The first-order chi connectivity index (χ1) is 11.4. The molecule has 0 saturated heterocycles. The standard InChI is InChI=1S/C19H19ClN2O2/c1-12(2)14-5-4-13(3)18(8-14)24-11-19(23)22-16-7-6-15(10-21)17(20)9-16/h4-9,12H,11H2,1-3H3,(H,22,23). The highest BCUT2D eigenvalue weighted by molar-refractivity contribution is 6.32. The van der Waals surface area contributed by atoms with Crippen LogP contribution in [0.15, 0.2) is 36.4 Å². The zero-order valence-corrected chi connectivity index (χ0v) is 14.6. The van der Waals surface area contributed by atoms with E-state index in [0.717, 1.165) is 11.1 Å². The van der Waals surface area contributed by atoms with E-state index in [0.29, 0.717) is 27.9 Å². The van der Waals surface area contributed by atoms with E-state index >= 15 is 0 Å². The monoisotopic (exact) mass is 342 g/mol. The predicted octanol–water partition coefficient (Wildman–Crippen LogP) is 4.66. The Kier molecular flexibility index (Phi) is 5.83. The molecule has 1 N–H and O–H groups in total. The average molecular weight is 343 g/mol. The molecule has 2 aromatic carbocycles. The number of amides is 1. The molecule has 124 valence electrons. The summed E-state index contributed by atoms with van der Waals surface area (Å²) in [7, 11) is 0. The molecule has 0 aliphatic carbocycles. The lowest BCUT2D eigenvalue weighted by Crippen LogP contribution is -2.20. The first-order valence-electron chi connectivity index (χ1n) is 7.63. The molecular weight excluding hydrogens is 324 g/mol. The summed E-state index contributed by atoms with van der Waals surface area (Å²) in [5.74, 6) is 0.807. The molecule has 0 spiro atoms. The van der Waals surface area contributed by atoms with Gasteiger partial charge in [-0.3, -0.25) is 4.79 Å². The van der Waals surface area contributed by atoms with Crippen LogP contribution in [0, 0.1) is 18.3 Å². The molecule has 2 rings (SSSR count). The summed E-state index contributed by atoms with van der Waals surface area (Å²) >= 11 is 5.95. The second-order valence-corrected chi connectivity index (χ2v) is 6.23. The number of nitrogens with zero attached hydrogens (tertiary/aromatic N) is 1. The van der Waals surface area contributed by atoms with Crippen LogP contribution < -0.4 is 10.1 Å². The van der Waals surface area contributed by atoms with E-state index in [9.17, 15) is 4.79 Å². The minimum absolute atomic E-state index is 0.0972. The van der Waals surface area contributed by atoms with Gasteiger partial charge < -0.3 is 10.1 Å². The Morgan fingerprint density at radius 2 is 2.04 bits per heavy atom. The number of hydrogen-bond donors (Lipinski definition) is 1. The van der Waals surface area contributed by atoms with Crippen LogP contribution in [0.2, 0.25) is 5.02 Å². The number of carbonyl (C=O) groups excluding carboxylic acids is 1.